The fourth-order valence-corrected chi connectivity index (χ4v) is 6.75. The molecule has 192 valence electrons. The third-order valence-electron chi connectivity index (χ3n) is 9.23. The van der Waals surface area contributed by atoms with Gasteiger partial charge in [-0.25, -0.2) is 4.98 Å². The fraction of sp³-hybridized carbons (Fsp3) is 0.586. The Morgan fingerprint density at radius 2 is 1.86 bits per heavy atom. The summed E-state index contributed by atoms with van der Waals surface area (Å²) in [6, 6.07) is 11.4. The van der Waals surface area contributed by atoms with Gasteiger partial charge in [0.25, 0.3) is 5.91 Å². The molecule has 2 unspecified atom stereocenters. The first-order chi connectivity index (χ1) is 17.3. The molecule has 36 heavy (non-hydrogen) atoms. The van der Waals surface area contributed by atoms with Crippen molar-refractivity contribution in [3.63, 3.8) is 0 Å². The topological polar surface area (TPSA) is 101 Å². The number of aromatic nitrogens is 1. The predicted molar refractivity (Wildman–Crippen MR) is 140 cm³/mol. The van der Waals surface area contributed by atoms with Crippen molar-refractivity contribution in [2.75, 3.05) is 32.0 Å². The first-order valence-electron chi connectivity index (χ1n) is 13.5. The van der Waals surface area contributed by atoms with Crippen LogP contribution >= 0.6 is 0 Å². The van der Waals surface area contributed by atoms with Gasteiger partial charge in [0.05, 0.1) is 11.2 Å². The Morgan fingerprint density at radius 3 is 2.58 bits per heavy atom. The Kier molecular flexibility index (Phi) is 6.05. The number of likely N-dealkylation sites (tertiary alicyclic amines) is 1. The highest BCUT2D eigenvalue weighted by Gasteiger charge is 2.61. The number of carbonyl (C=O) groups excluding carboxylic acids is 1. The molecule has 2 aromatic rings. The van der Waals surface area contributed by atoms with E-state index in [2.05, 4.69) is 39.5 Å². The molecule has 7 heteroatoms. The molecule has 6 rings (SSSR count). The summed E-state index contributed by atoms with van der Waals surface area (Å²) in [5.41, 5.74) is 9.56. The zero-order valence-electron chi connectivity index (χ0n) is 21.2. The maximum absolute atomic E-state index is 13.0. The second-order valence-electron chi connectivity index (χ2n) is 11.8. The summed E-state index contributed by atoms with van der Waals surface area (Å²) in [6.45, 7) is 6.02. The highest BCUT2D eigenvalue weighted by molar-refractivity contribution is 5.99. The molecule has 1 amide bonds. The van der Waals surface area contributed by atoms with Gasteiger partial charge in [0.2, 0.25) is 0 Å². The highest BCUT2D eigenvalue weighted by atomic mass is 16.5. The van der Waals surface area contributed by atoms with Gasteiger partial charge in [-0.3, -0.25) is 9.69 Å². The molecule has 2 saturated heterocycles. The Balaban J connectivity index is 1.14. The van der Waals surface area contributed by atoms with Crippen LogP contribution in [0.2, 0.25) is 0 Å². The van der Waals surface area contributed by atoms with Crippen LogP contribution in [0.15, 0.2) is 36.5 Å². The van der Waals surface area contributed by atoms with Crippen LogP contribution in [0.5, 0.6) is 0 Å². The van der Waals surface area contributed by atoms with Crippen LogP contribution < -0.4 is 11.1 Å². The minimum Gasteiger partial charge on any atom is -0.390 e. The predicted octanol–water partition coefficient (Wildman–Crippen LogP) is 3.51. The SMILES string of the molecule is CC1(O)CCC(NC(=O)c2cc(-c3ccc(C45CC4CN(C4CCOCC4)C5)cc3)cnc2N)CC1. The molecule has 1 aromatic heterocycles. The van der Waals surface area contributed by atoms with E-state index >= 15 is 0 Å². The maximum atomic E-state index is 13.0. The quantitative estimate of drug-likeness (QED) is 0.593. The molecule has 2 aliphatic carbocycles. The van der Waals surface area contributed by atoms with E-state index in [9.17, 15) is 9.90 Å². The van der Waals surface area contributed by atoms with E-state index in [1.54, 1.807) is 6.20 Å². The van der Waals surface area contributed by atoms with Crippen LogP contribution in [0.1, 0.15) is 67.8 Å². The van der Waals surface area contributed by atoms with E-state index < -0.39 is 5.60 Å². The molecule has 2 atom stereocenters. The lowest BCUT2D eigenvalue weighted by Gasteiger charge is -2.33. The zero-order chi connectivity index (χ0) is 24.9. The number of carbonyl (C=O) groups is 1. The first kappa shape index (κ1) is 23.9. The van der Waals surface area contributed by atoms with Crippen molar-refractivity contribution in [2.24, 2.45) is 5.92 Å². The number of nitrogens with two attached hydrogens (primary N) is 1. The molecule has 2 saturated carbocycles. The first-order valence-corrected chi connectivity index (χ1v) is 13.5. The normalized spacial score (nSPS) is 32.7. The van der Waals surface area contributed by atoms with Crippen molar-refractivity contribution < 1.29 is 14.6 Å². The molecular formula is C29H38N4O3. The molecule has 3 heterocycles. The van der Waals surface area contributed by atoms with Gasteiger partial charge in [0, 0.05) is 55.6 Å². The summed E-state index contributed by atoms with van der Waals surface area (Å²) in [5.74, 6) is 0.821. The van der Waals surface area contributed by atoms with Gasteiger partial charge in [-0.15, -0.1) is 0 Å². The number of benzene rings is 1. The summed E-state index contributed by atoms with van der Waals surface area (Å²) in [4.78, 5) is 20.0. The molecule has 4 fully saturated rings. The van der Waals surface area contributed by atoms with Crippen LogP contribution in [0.3, 0.4) is 0 Å². The van der Waals surface area contributed by atoms with Gasteiger partial charge in [-0.05, 0) is 75.0 Å². The van der Waals surface area contributed by atoms with Gasteiger partial charge in [-0.1, -0.05) is 24.3 Å². The Labute approximate surface area is 213 Å². The minimum absolute atomic E-state index is 0.0536. The zero-order valence-corrected chi connectivity index (χ0v) is 21.2. The third kappa shape index (κ3) is 4.53. The number of aliphatic hydroxyl groups is 1. The third-order valence-corrected chi connectivity index (χ3v) is 9.23. The summed E-state index contributed by atoms with van der Waals surface area (Å²) in [5, 5.41) is 13.3. The van der Waals surface area contributed by atoms with Gasteiger partial charge in [0.15, 0.2) is 0 Å². The molecule has 1 aromatic carbocycles. The number of pyridine rings is 1. The minimum atomic E-state index is -0.629. The van der Waals surface area contributed by atoms with Crippen molar-refractivity contribution in [2.45, 2.75) is 75.0 Å². The van der Waals surface area contributed by atoms with Crippen LogP contribution in [0.4, 0.5) is 5.82 Å². The number of nitrogens with one attached hydrogen (secondary N) is 1. The average Bonchev–Trinajstić information content (AvgIpc) is 3.46. The van der Waals surface area contributed by atoms with E-state index in [1.807, 2.05) is 13.0 Å². The monoisotopic (exact) mass is 490 g/mol. The smallest absolute Gasteiger partial charge is 0.255 e. The van der Waals surface area contributed by atoms with E-state index in [-0.39, 0.29) is 17.8 Å². The number of nitrogens with zero attached hydrogens (tertiary/aromatic N) is 2. The van der Waals surface area contributed by atoms with Crippen LogP contribution in [-0.2, 0) is 10.2 Å². The number of hydrogen-bond acceptors (Lipinski definition) is 6. The molecule has 0 radical (unpaired) electrons. The van der Waals surface area contributed by atoms with Crippen molar-refractivity contribution >= 4 is 11.7 Å². The van der Waals surface area contributed by atoms with Crippen LogP contribution in [-0.4, -0.2) is 64.9 Å². The fourth-order valence-electron chi connectivity index (χ4n) is 6.75. The lowest BCUT2D eigenvalue weighted by Crippen LogP contribution is -2.42. The molecule has 7 nitrogen and oxygen atoms in total. The number of hydrogen-bond donors (Lipinski definition) is 3. The summed E-state index contributed by atoms with van der Waals surface area (Å²) >= 11 is 0. The van der Waals surface area contributed by atoms with Crippen molar-refractivity contribution in [1.82, 2.24) is 15.2 Å². The van der Waals surface area contributed by atoms with Crippen molar-refractivity contribution in [3.05, 3.63) is 47.7 Å². The second-order valence-corrected chi connectivity index (χ2v) is 11.8. The van der Waals surface area contributed by atoms with E-state index in [4.69, 9.17) is 10.5 Å². The number of rotatable bonds is 5. The van der Waals surface area contributed by atoms with Gasteiger partial charge >= 0.3 is 0 Å². The number of piperidine rings is 1. The molecule has 2 aliphatic heterocycles. The summed E-state index contributed by atoms with van der Waals surface area (Å²) in [7, 11) is 0. The largest absolute Gasteiger partial charge is 0.390 e. The molecular weight excluding hydrogens is 452 g/mol. The lowest BCUT2D eigenvalue weighted by molar-refractivity contribution is 0.0140. The summed E-state index contributed by atoms with van der Waals surface area (Å²) < 4.78 is 5.56. The number of ether oxygens (including phenoxy) is 1. The summed E-state index contributed by atoms with van der Waals surface area (Å²) in [6.07, 6.45) is 8.26. The molecule has 0 bridgehead atoms. The molecule has 0 spiro atoms. The highest BCUT2D eigenvalue weighted by Crippen LogP contribution is 2.59. The standard InChI is InChI=1S/C29H38N4O3/c1-28(35)10-6-23(7-11-28)32-27(34)25-14-20(16-31-26(25)30)19-2-4-21(5-3-19)29-15-22(29)17-33(18-29)24-8-12-36-13-9-24/h2-5,14,16,22-24,35H,6-13,15,17-18H2,1H3,(H2,30,31)(H,32,34). The number of nitrogen functional groups attached to an aromatic ring is 1. The van der Waals surface area contributed by atoms with Crippen molar-refractivity contribution in [3.8, 4) is 11.1 Å². The number of fused-ring (bicyclic) bond motifs is 1. The van der Waals surface area contributed by atoms with Crippen LogP contribution in [0, 0.1) is 5.92 Å². The Bertz CT molecular complexity index is 1120. The molecule has 4 N–H and O–H groups in total. The molecule has 4 aliphatic rings. The Hall–Kier alpha value is -2.48. The lowest BCUT2D eigenvalue weighted by atomic mass is 9.83. The Morgan fingerprint density at radius 1 is 1.14 bits per heavy atom. The van der Waals surface area contributed by atoms with Gasteiger partial charge < -0.3 is 20.9 Å². The van der Waals surface area contributed by atoms with E-state index in [1.165, 1.54) is 18.5 Å². The van der Waals surface area contributed by atoms with E-state index in [0.717, 1.165) is 62.5 Å². The maximum Gasteiger partial charge on any atom is 0.255 e. The van der Waals surface area contributed by atoms with Crippen molar-refractivity contribution in [1.29, 1.82) is 0 Å². The van der Waals surface area contributed by atoms with Gasteiger partial charge in [-0.2, -0.15) is 0 Å². The second kappa shape index (κ2) is 9.12. The van der Waals surface area contributed by atoms with Gasteiger partial charge in [0.1, 0.15) is 5.82 Å². The number of amides is 1. The average molecular weight is 491 g/mol. The van der Waals surface area contributed by atoms with Crippen LogP contribution in [0.25, 0.3) is 11.1 Å². The van der Waals surface area contributed by atoms with E-state index in [0.29, 0.717) is 29.9 Å². The number of anilines is 1.